The summed E-state index contributed by atoms with van der Waals surface area (Å²) in [5.74, 6) is 0.641. The second-order valence-corrected chi connectivity index (χ2v) is 8.04. The topological polar surface area (TPSA) is 66.1 Å². The van der Waals surface area contributed by atoms with Gasteiger partial charge in [0, 0.05) is 48.1 Å². The Morgan fingerprint density at radius 2 is 1.81 bits per heavy atom. The number of nitrogens with one attached hydrogen (secondary N) is 1. The van der Waals surface area contributed by atoms with Crippen LogP contribution in [0.1, 0.15) is 33.6 Å². The second-order valence-electron chi connectivity index (χ2n) is 8.04. The largest absolute Gasteiger partial charge is 0.345 e. The zero-order valence-electron chi connectivity index (χ0n) is 17.1. The summed E-state index contributed by atoms with van der Waals surface area (Å²) >= 11 is 0. The van der Waals surface area contributed by atoms with Crippen molar-refractivity contribution in [3.05, 3.63) is 90.3 Å². The molecule has 1 aliphatic rings. The third kappa shape index (κ3) is 3.87. The van der Waals surface area contributed by atoms with E-state index in [0.717, 1.165) is 40.6 Å². The molecule has 1 atom stereocenters. The Morgan fingerprint density at radius 1 is 0.935 bits per heavy atom. The van der Waals surface area contributed by atoms with Crippen LogP contribution >= 0.6 is 0 Å². The Balaban J connectivity index is 1.34. The zero-order valence-corrected chi connectivity index (χ0v) is 17.1. The van der Waals surface area contributed by atoms with Gasteiger partial charge in [-0.3, -0.25) is 9.59 Å². The number of piperidine rings is 1. The number of hydrogen-bond acceptors (Lipinski definition) is 3. The molecular formula is C26H23N3O2. The number of H-pyrrole nitrogens is 1. The van der Waals surface area contributed by atoms with Crippen LogP contribution in [0.15, 0.2) is 79.1 Å². The van der Waals surface area contributed by atoms with Crippen LogP contribution in [0.3, 0.4) is 0 Å². The Hall–Kier alpha value is -3.73. The Morgan fingerprint density at radius 3 is 2.65 bits per heavy atom. The van der Waals surface area contributed by atoms with E-state index < -0.39 is 0 Å². The van der Waals surface area contributed by atoms with Crippen molar-refractivity contribution >= 4 is 22.5 Å². The van der Waals surface area contributed by atoms with Gasteiger partial charge in [-0.2, -0.15) is 0 Å². The van der Waals surface area contributed by atoms with Gasteiger partial charge < -0.3 is 9.88 Å². The van der Waals surface area contributed by atoms with Crippen LogP contribution in [-0.4, -0.2) is 39.6 Å². The van der Waals surface area contributed by atoms with E-state index in [2.05, 4.69) is 9.97 Å². The maximum atomic E-state index is 13.2. The average Bonchev–Trinajstić information content (AvgIpc) is 3.38. The van der Waals surface area contributed by atoms with Gasteiger partial charge in [0.15, 0.2) is 5.78 Å². The lowest BCUT2D eigenvalue weighted by Crippen LogP contribution is -2.42. The summed E-state index contributed by atoms with van der Waals surface area (Å²) in [6.07, 6.45) is 5.09. The van der Waals surface area contributed by atoms with Crippen LogP contribution in [0.5, 0.6) is 0 Å². The minimum absolute atomic E-state index is 0.0376. The van der Waals surface area contributed by atoms with Crippen LogP contribution in [0.25, 0.3) is 22.2 Å². The van der Waals surface area contributed by atoms with E-state index >= 15 is 0 Å². The number of aromatic amines is 1. The predicted octanol–water partition coefficient (Wildman–Crippen LogP) is 4.97. The molecule has 0 spiro atoms. The summed E-state index contributed by atoms with van der Waals surface area (Å²) in [5, 5.41) is 2.18. The number of carbonyl (C=O) groups is 2. The fraction of sp³-hybridized carbons (Fsp3) is 0.192. The molecule has 0 unspecified atom stereocenters. The Labute approximate surface area is 180 Å². The number of amides is 1. The summed E-state index contributed by atoms with van der Waals surface area (Å²) in [4.78, 5) is 35.5. The first-order valence-electron chi connectivity index (χ1n) is 10.6. The van der Waals surface area contributed by atoms with Crippen LogP contribution in [-0.2, 0) is 0 Å². The normalized spacial score (nSPS) is 16.4. The van der Waals surface area contributed by atoms with Crippen molar-refractivity contribution in [2.24, 2.45) is 5.92 Å². The Kier molecular flexibility index (Phi) is 5.08. The predicted molar refractivity (Wildman–Crippen MR) is 121 cm³/mol. The number of carbonyl (C=O) groups excluding carboxylic acids is 2. The van der Waals surface area contributed by atoms with Gasteiger partial charge in [-0.15, -0.1) is 0 Å². The van der Waals surface area contributed by atoms with Crippen LogP contribution in [0.2, 0.25) is 0 Å². The Bertz CT molecular complexity index is 1250. The zero-order chi connectivity index (χ0) is 21.2. The number of fused-ring (bicyclic) bond motifs is 1. The molecule has 1 aromatic heterocycles. The van der Waals surface area contributed by atoms with Crippen LogP contribution in [0.4, 0.5) is 0 Å². The molecule has 5 rings (SSSR count). The van der Waals surface area contributed by atoms with E-state index in [1.54, 1.807) is 12.4 Å². The third-order valence-corrected chi connectivity index (χ3v) is 5.99. The SMILES string of the molecule is O=C(c1ccc2ccccc2c1)[C@@H]1CCCN(C(=O)c2cccc(-c3ncc[nH]3)c2)C1. The first-order valence-corrected chi connectivity index (χ1v) is 10.6. The molecule has 0 radical (unpaired) electrons. The minimum atomic E-state index is -0.174. The van der Waals surface area contributed by atoms with Crippen molar-refractivity contribution in [1.82, 2.24) is 14.9 Å². The third-order valence-electron chi connectivity index (χ3n) is 5.99. The second kappa shape index (κ2) is 8.19. The van der Waals surface area contributed by atoms with Gasteiger partial charge in [0.05, 0.1) is 0 Å². The van der Waals surface area contributed by atoms with Crippen molar-refractivity contribution in [2.75, 3.05) is 13.1 Å². The van der Waals surface area contributed by atoms with E-state index in [0.29, 0.717) is 18.7 Å². The standard InChI is InChI=1S/C26H23N3O2/c30-24(20-11-10-18-5-1-2-6-19(18)15-20)23-9-4-14-29(17-23)26(31)22-8-3-7-21(16-22)25-27-12-13-28-25/h1-3,5-8,10-13,15-16,23H,4,9,14,17H2,(H,27,28)/t23-/m1/s1. The maximum Gasteiger partial charge on any atom is 0.253 e. The molecule has 4 aromatic rings. The highest BCUT2D eigenvalue weighted by Crippen LogP contribution is 2.25. The number of ketones is 1. The van der Waals surface area contributed by atoms with Crippen LogP contribution < -0.4 is 0 Å². The molecule has 31 heavy (non-hydrogen) atoms. The number of hydrogen-bond donors (Lipinski definition) is 1. The smallest absolute Gasteiger partial charge is 0.253 e. The lowest BCUT2D eigenvalue weighted by Gasteiger charge is -2.32. The molecule has 5 nitrogen and oxygen atoms in total. The maximum absolute atomic E-state index is 13.2. The average molecular weight is 409 g/mol. The highest BCUT2D eigenvalue weighted by molar-refractivity contribution is 6.02. The summed E-state index contributed by atoms with van der Waals surface area (Å²) in [7, 11) is 0. The molecule has 0 bridgehead atoms. The monoisotopic (exact) mass is 409 g/mol. The van der Waals surface area contributed by atoms with Gasteiger partial charge in [0.1, 0.15) is 5.82 Å². The number of aromatic nitrogens is 2. The lowest BCUT2D eigenvalue weighted by molar-refractivity contribution is 0.0637. The lowest BCUT2D eigenvalue weighted by atomic mass is 9.89. The summed E-state index contributed by atoms with van der Waals surface area (Å²) in [6, 6.07) is 21.4. The molecule has 1 fully saturated rings. The first-order chi connectivity index (χ1) is 15.2. The minimum Gasteiger partial charge on any atom is -0.345 e. The van der Waals surface area contributed by atoms with Crippen LogP contribution in [0, 0.1) is 5.92 Å². The van der Waals surface area contributed by atoms with E-state index in [1.807, 2.05) is 71.6 Å². The molecule has 0 saturated carbocycles. The molecule has 1 aliphatic heterocycles. The van der Waals surface area contributed by atoms with Gasteiger partial charge in [-0.1, -0.05) is 48.5 Å². The number of Topliss-reactive ketones (excluding diaryl/α,β-unsaturated/α-hetero) is 1. The van der Waals surface area contributed by atoms with Gasteiger partial charge in [-0.05, 0) is 41.8 Å². The number of imidazole rings is 1. The van der Waals surface area contributed by atoms with Gasteiger partial charge in [0.2, 0.25) is 0 Å². The molecule has 5 heteroatoms. The van der Waals surface area contributed by atoms with Crippen molar-refractivity contribution in [2.45, 2.75) is 12.8 Å². The van der Waals surface area contributed by atoms with Crippen molar-refractivity contribution in [3.8, 4) is 11.4 Å². The van der Waals surface area contributed by atoms with Crippen molar-refractivity contribution in [1.29, 1.82) is 0 Å². The number of benzene rings is 3. The molecule has 2 heterocycles. The molecular weight excluding hydrogens is 386 g/mol. The highest BCUT2D eigenvalue weighted by atomic mass is 16.2. The summed E-state index contributed by atoms with van der Waals surface area (Å²) in [6.45, 7) is 1.13. The van der Waals surface area contributed by atoms with Crippen molar-refractivity contribution in [3.63, 3.8) is 0 Å². The summed E-state index contributed by atoms with van der Waals surface area (Å²) < 4.78 is 0. The molecule has 1 amide bonds. The van der Waals surface area contributed by atoms with Gasteiger partial charge in [0.25, 0.3) is 5.91 Å². The molecule has 1 saturated heterocycles. The van der Waals surface area contributed by atoms with E-state index in [-0.39, 0.29) is 17.6 Å². The summed E-state index contributed by atoms with van der Waals surface area (Å²) in [5.41, 5.74) is 2.21. The number of likely N-dealkylation sites (tertiary alicyclic amines) is 1. The quantitative estimate of drug-likeness (QED) is 0.484. The van der Waals surface area contributed by atoms with E-state index in [9.17, 15) is 9.59 Å². The van der Waals surface area contributed by atoms with E-state index in [4.69, 9.17) is 0 Å². The number of nitrogens with zero attached hydrogens (tertiary/aromatic N) is 2. The van der Waals surface area contributed by atoms with Gasteiger partial charge in [-0.25, -0.2) is 4.98 Å². The fourth-order valence-electron chi connectivity index (χ4n) is 4.36. The molecule has 1 N–H and O–H groups in total. The van der Waals surface area contributed by atoms with E-state index in [1.165, 1.54) is 0 Å². The molecule has 3 aromatic carbocycles. The fourth-order valence-corrected chi connectivity index (χ4v) is 4.36. The first kappa shape index (κ1) is 19.2. The van der Waals surface area contributed by atoms with Gasteiger partial charge >= 0.3 is 0 Å². The molecule has 154 valence electrons. The molecule has 0 aliphatic carbocycles. The highest BCUT2D eigenvalue weighted by Gasteiger charge is 2.29. The van der Waals surface area contributed by atoms with Crippen molar-refractivity contribution < 1.29 is 9.59 Å². The number of rotatable bonds is 4.